The molecule has 0 radical (unpaired) electrons. The minimum absolute atomic E-state index is 0.0694. The van der Waals surface area contributed by atoms with Crippen molar-refractivity contribution >= 4 is 13.7 Å². The lowest BCUT2D eigenvalue weighted by molar-refractivity contribution is -0.120. The Morgan fingerprint density at radius 3 is 2.12 bits per heavy atom. The first-order valence-corrected chi connectivity index (χ1v) is 19.3. The number of nitrogens with zero attached hydrogens (tertiary/aromatic N) is 2. The van der Waals surface area contributed by atoms with Crippen molar-refractivity contribution in [3.8, 4) is 0 Å². The van der Waals surface area contributed by atoms with Gasteiger partial charge in [0.15, 0.2) is 11.9 Å². The van der Waals surface area contributed by atoms with Crippen LogP contribution in [0.2, 0.25) is 0 Å². The number of aromatic nitrogens is 2. The number of nitrogens with one attached hydrogen (secondary N) is 3. The van der Waals surface area contributed by atoms with Crippen LogP contribution in [-0.4, -0.2) is 87.8 Å². The van der Waals surface area contributed by atoms with Gasteiger partial charge in [0.05, 0.1) is 6.61 Å². The van der Waals surface area contributed by atoms with Crippen molar-refractivity contribution in [3.63, 3.8) is 0 Å². The van der Waals surface area contributed by atoms with Gasteiger partial charge in [-0.3, -0.25) is 23.7 Å². The highest BCUT2D eigenvalue weighted by Gasteiger charge is 2.55. The Balaban J connectivity index is 1.52. The summed E-state index contributed by atoms with van der Waals surface area (Å²) < 4.78 is 40.5. The van der Waals surface area contributed by atoms with E-state index in [2.05, 4.69) is 78.3 Å². The molecule has 0 bridgehead atoms. The van der Waals surface area contributed by atoms with Crippen molar-refractivity contribution in [1.29, 1.82) is 0 Å². The lowest BCUT2D eigenvalue weighted by Crippen LogP contribution is -2.43. The average molecular weight is 750 g/mol. The van der Waals surface area contributed by atoms with Crippen LogP contribution in [0.15, 0.2) is 94.8 Å². The van der Waals surface area contributed by atoms with Gasteiger partial charge in [-0.2, -0.15) is 0 Å². The molecule has 2 heterocycles. The van der Waals surface area contributed by atoms with Crippen molar-refractivity contribution in [2.75, 3.05) is 39.8 Å². The first-order chi connectivity index (χ1) is 24.9. The number of aliphatic hydroxyl groups is 1. The van der Waals surface area contributed by atoms with E-state index in [1.807, 2.05) is 17.1 Å². The number of carbonyl (C=O) groups excluding carboxylic acids is 1. The second kappa shape index (κ2) is 24.7. The Bertz CT molecular complexity index is 1550. The number of carbonyl (C=O) groups is 1. The molecule has 1 amide bonds. The molecule has 2 rings (SSSR count). The highest BCUT2D eigenvalue weighted by atomic mass is 31.2. The number of amides is 1. The Kier molecular flexibility index (Phi) is 21.2. The summed E-state index contributed by atoms with van der Waals surface area (Å²) in [6, 6.07) is 1.00. The van der Waals surface area contributed by atoms with Gasteiger partial charge in [-0.15, -0.1) is 0 Å². The molecule has 13 nitrogen and oxygen atoms in total. The fourth-order valence-electron chi connectivity index (χ4n) is 4.96. The average Bonchev–Trinajstić information content (AvgIpc) is 3.33. The lowest BCUT2D eigenvalue weighted by Gasteiger charge is -2.25. The Morgan fingerprint density at radius 2 is 1.56 bits per heavy atom. The van der Waals surface area contributed by atoms with Gasteiger partial charge >= 0.3 is 13.4 Å². The van der Waals surface area contributed by atoms with Gasteiger partial charge in [0.1, 0.15) is 12.2 Å². The molecule has 1 unspecified atom stereocenters. The smallest absolute Gasteiger partial charge is 0.387 e. The first-order valence-electron chi connectivity index (χ1n) is 17.8. The van der Waals surface area contributed by atoms with Gasteiger partial charge in [-0.1, -0.05) is 79.8 Å². The fraction of sp³-hybridized carbons (Fsp3) is 0.541. The zero-order valence-electron chi connectivity index (χ0n) is 30.6. The van der Waals surface area contributed by atoms with Crippen LogP contribution in [0.25, 0.3) is 0 Å². The van der Waals surface area contributed by atoms with E-state index < -0.39 is 49.7 Å². The molecule has 15 heteroatoms. The summed E-state index contributed by atoms with van der Waals surface area (Å²) in [7, 11) is -2.98. The topological polar surface area (TPSA) is 175 Å². The molecule has 0 aliphatic carbocycles. The summed E-state index contributed by atoms with van der Waals surface area (Å²) in [6.45, 7) is 3.76. The maximum absolute atomic E-state index is 15.3. The minimum Gasteiger partial charge on any atom is -0.387 e. The molecule has 1 fully saturated rings. The van der Waals surface area contributed by atoms with Crippen LogP contribution >= 0.6 is 7.75 Å². The third-order valence-corrected chi connectivity index (χ3v) is 9.58. The number of rotatable bonds is 25. The summed E-state index contributed by atoms with van der Waals surface area (Å²) in [6.07, 6.45) is 28.6. The van der Waals surface area contributed by atoms with Crippen LogP contribution in [0.5, 0.6) is 0 Å². The van der Waals surface area contributed by atoms with Crippen molar-refractivity contribution in [1.82, 2.24) is 24.9 Å². The monoisotopic (exact) mass is 749 g/mol. The summed E-state index contributed by atoms with van der Waals surface area (Å²) in [5.41, 5.74) is -4.08. The van der Waals surface area contributed by atoms with Crippen molar-refractivity contribution in [2.45, 2.75) is 89.3 Å². The molecule has 0 saturated carbocycles. The Labute approximate surface area is 306 Å². The molecule has 1 aliphatic rings. The van der Waals surface area contributed by atoms with Gasteiger partial charge in [0.2, 0.25) is 5.91 Å². The zero-order valence-corrected chi connectivity index (χ0v) is 31.5. The van der Waals surface area contributed by atoms with Gasteiger partial charge in [0.25, 0.3) is 5.56 Å². The second-order valence-electron chi connectivity index (χ2n) is 12.4. The molecular weight excluding hydrogens is 692 g/mol. The number of aliphatic hydroxyl groups excluding tert-OH is 1. The predicted octanol–water partition coefficient (Wildman–Crippen LogP) is 4.76. The third-order valence-electron chi connectivity index (χ3n) is 8.03. The van der Waals surface area contributed by atoms with Gasteiger partial charge in [-0.25, -0.2) is 18.4 Å². The van der Waals surface area contributed by atoms with E-state index in [1.165, 1.54) is 7.05 Å². The number of hydrogen-bond acceptors (Lipinski definition) is 8. The minimum atomic E-state index is -4.35. The molecule has 1 aliphatic heterocycles. The normalized spacial score (nSPS) is 22.4. The molecule has 1 aromatic heterocycles. The van der Waals surface area contributed by atoms with E-state index in [0.717, 1.165) is 66.9 Å². The highest BCUT2D eigenvalue weighted by Crippen LogP contribution is 2.47. The van der Waals surface area contributed by atoms with Gasteiger partial charge in [0, 0.05) is 44.9 Å². The van der Waals surface area contributed by atoms with Gasteiger partial charge < -0.3 is 25.4 Å². The Hall–Kier alpha value is -3.49. The molecular formula is C37H57FN5O8P. The van der Waals surface area contributed by atoms with Crippen molar-refractivity contribution < 1.29 is 33.0 Å². The zero-order chi connectivity index (χ0) is 38.2. The number of alkyl halides is 1. The lowest BCUT2D eigenvalue weighted by atomic mass is 9.98. The first kappa shape index (κ1) is 44.7. The molecule has 5 N–H and O–H groups in total. The summed E-state index contributed by atoms with van der Waals surface area (Å²) in [5, 5.41) is 16.4. The number of ether oxygens (including phenoxy) is 1. The molecule has 5 atom stereocenters. The maximum atomic E-state index is 15.3. The van der Waals surface area contributed by atoms with Crippen molar-refractivity contribution in [2.24, 2.45) is 0 Å². The number of H-pyrrole nitrogens is 1. The van der Waals surface area contributed by atoms with Crippen LogP contribution in [0.3, 0.4) is 0 Å². The largest absolute Gasteiger partial charge is 0.405 e. The standard InChI is InChI=1S/C37H57FN5O8P/c1-4-5-6-7-8-9-10-11-12-13-14-15-16-17-18-19-20-21-22-23-32(44)40-26-25-39-27-29-42(3)52(48,49)50-30-31-34(46)37(2,38)35(51-31)43-28-24-33(45)41-36(43)47/h5-6,8-9,11-12,14-15,17-18,20-21,24,28,31,34-35,39,46H,4,7,10,13,16,19,22-23,25-27,29-30H2,1-3H3,(H,40,44)(H,48,49)(H,41,45,47)/b6-5-,9-8-,12-11-,15-14-,18-17-,21-20-/t31-,34-,35-,37-/m1/s1. The fourth-order valence-corrected chi connectivity index (χ4v) is 5.85. The number of hydrogen-bond donors (Lipinski definition) is 5. The van der Waals surface area contributed by atoms with Crippen LogP contribution in [0, 0.1) is 0 Å². The Morgan fingerprint density at radius 1 is 1.00 bits per heavy atom. The molecule has 52 heavy (non-hydrogen) atoms. The maximum Gasteiger partial charge on any atom is 0.405 e. The van der Waals surface area contributed by atoms with Crippen LogP contribution in [0.1, 0.15) is 71.4 Å². The van der Waals surface area contributed by atoms with E-state index in [1.54, 1.807) is 0 Å². The summed E-state index contributed by atoms with van der Waals surface area (Å²) in [4.78, 5) is 47.9. The van der Waals surface area contributed by atoms with Crippen LogP contribution < -0.4 is 21.9 Å². The summed E-state index contributed by atoms with van der Waals surface area (Å²) >= 11 is 0. The number of likely N-dealkylation sites (N-methyl/N-ethyl adjacent to an activating group) is 1. The summed E-state index contributed by atoms with van der Waals surface area (Å²) in [5.74, 6) is -0.0694. The van der Waals surface area contributed by atoms with E-state index in [4.69, 9.17) is 9.26 Å². The van der Waals surface area contributed by atoms with Crippen LogP contribution in [0.4, 0.5) is 4.39 Å². The molecule has 0 spiro atoms. The molecule has 1 aromatic rings. The number of allylic oxidation sites excluding steroid dienone is 12. The predicted molar refractivity (Wildman–Crippen MR) is 202 cm³/mol. The van der Waals surface area contributed by atoms with Crippen molar-refractivity contribution in [3.05, 3.63) is 106 Å². The SMILES string of the molecule is CC/C=C\C/C=C\C/C=C\C/C=C\C/C=C\C/C=C\CCC(=O)NCCNCCN(C)P(=O)(O)OC[C@H]1O[C@@H](n2ccc(=O)[nH]c2=O)[C@](C)(F)[C@@H]1O. The quantitative estimate of drug-likeness (QED) is 0.0533. The second-order valence-corrected chi connectivity index (χ2v) is 14.3. The molecule has 0 aromatic carbocycles. The third kappa shape index (κ3) is 16.9. The van der Waals surface area contributed by atoms with E-state index in [9.17, 15) is 28.9 Å². The van der Waals surface area contributed by atoms with Gasteiger partial charge in [-0.05, 0) is 58.9 Å². The number of halogens is 1. The molecule has 290 valence electrons. The van der Waals surface area contributed by atoms with Crippen LogP contribution in [-0.2, 0) is 18.6 Å². The van der Waals surface area contributed by atoms with E-state index in [0.29, 0.717) is 32.5 Å². The molecule has 1 saturated heterocycles. The highest BCUT2D eigenvalue weighted by molar-refractivity contribution is 7.50. The number of aromatic amines is 1. The van der Waals surface area contributed by atoms with E-state index >= 15 is 4.39 Å². The van der Waals surface area contributed by atoms with E-state index in [-0.39, 0.29) is 12.5 Å².